The third-order valence-electron chi connectivity index (χ3n) is 5.24. The molecule has 1 unspecified atom stereocenters. The monoisotopic (exact) mass is 356 g/mol. The van der Waals surface area contributed by atoms with Gasteiger partial charge >= 0.3 is 5.97 Å². The zero-order chi connectivity index (χ0) is 18.6. The second-order valence-electron chi connectivity index (χ2n) is 7.63. The topological polar surface area (TPSA) is 46.5 Å². The van der Waals surface area contributed by atoms with Crippen molar-refractivity contribution in [2.24, 2.45) is 5.92 Å². The van der Waals surface area contributed by atoms with Crippen LogP contribution in [0.25, 0.3) is 0 Å². The van der Waals surface area contributed by atoms with Crippen LogP contribution in [0.2, 0.25) is 0 Å². The Morgan fingerprint density at radius 1 is 0.640 bits per heavy atom. The molecule has 0 heterocycles. The molecule has 0 aromatic heterocycles. The van der Waals surface area contributed by atoms with E-state index in [9.17, 15) is 4.79 Å². The van der Waals surface area contributed by atoms with Crippen LogP contribution in [-0.4, -0.2) is 11.2 Å². The predicted octanol–water partition coefficient (Wildman–Crippen LogP) is 7.68. The van der Waals surface area contributed by atoms with Gasteiger partial charge in [0.05, 0.1) is 5.92 Å². The van der Waals surface area contributed by atoms with Crippen LogP contribution in [0.4, 0.5) is 0 Å². The van der Waals surface area contributed by atoms with E-state index in [0.717, 1.165) is 32.1 Å². The van der Waals surface area contributed by atoms with Crippen LogP contribution < -0.4 is 0 Å². The van der Waals surface area contributed by atoms with Gasteiger partial charge in [0.25, 0.3) is 0 Å². The highest BCUT2D eigenvalue weighted by Gasteiger charge is 2.19. The molecule has 0 aliphatic carbocycles. The summed E-state index contributed by atoms with van der Waals surface area (Å²) < 4.78 is 0. The lowest BCUT2D eigenvalue weighted by atomic mass is 9.95. The summed E-state index contributed by atoms with van der Waals surface area (Å²) in [5.41, 5.74) is 0. The standard InChI is InChI=1S/C22H44O3/c1-3-5-7-8-9-10-11-12-13-14-15-16-17-18-20-21(19-6-4-2)22(23)25-24/h21,24H,3-20H2,1-2H3. The molecule has 0 bridgehead atoms. The molecule has 0 radical (unpaired) electrons. The SMILES string of the molecule is CCCCCCCCCCCCCCCCC(CCCC)C(=O)OO. The molecule has 0 amide bonds. The Hall–Kier alpha value is -0.570. The molecule has 3 nitrogen and oxygen atoms in total. The molecule has 0 spiro atoms. The maximum Gasteiger partial charge on any atom is 0.345 e. The van der Waals surface area contributed by atoms with Gasteiger partial charge in [-0.15, -0.1) is 0 Å². The van der Waals surface area contributed by atoms with Crippen molar-refractivity contribution < 1.29 is 14.9 Å². The summed E-state index contributed by atoms with van der Waals surface area (Å²) in [5.74, 6) is -0.551. The maximum absolute atomic E-state index is 11.5. The third-order valence-corrected chi connectivity index (χ3v) is 5.24. The van der Waals surface area contributed by atoms with Gasteiger partial charge in [-0.25, -0.2) is 4.79 Å². The lowest BCUT2D eigenvalue weighted by molar-refractivity contribution is -0.239. The zero-order valence-electron chi connectivity index (χ0n) is 17.1. The Labute approximate surface area is 156 Å². The first kappa shape index (κ1) is 24.4. The van der Waals surface area contributed by atoms with E-state index in [1.54, 1.807) is 0 Å². The van der Waals surface area contributed by atoms with Gasteiger partial charge in [-0.1, -0.05) is 117 Å². The number of carbonyl (C=O) groups excluding carboxylic acids is 1. The highest BCUT2D eigenvalue weighted by Crippen LogP contribution is 2.19. The molecule has 0 aromatic rings. The van der Waals surface area contributed by atoms with Crippen LogP contribution >= 0.6 is 0 Å². The van der Waals surface area contributed by atoms with E-state index in [0.29, 0.717) is 0 Å². The zero-order valence-corrected chi connectivity index (χ0v) is 17.1. The molecule has 0 saturated heterocycles. The maximum atomic E-state index is 11.5. The summed E-state index contributed by atoms with van der Waals surface area (Å²) in [6.45, 7) is 4.39. The summed E-state index contributed by atoms with van der Waals surface area (Å²) in [5, 5.41) is 8.57. The van der Waals surface area contributed by atoms with Gasteiger partial charge in [-0.3, -0.25) is 0 Å². The lowest BCUT2D eigenvalue weighted by Gasteiger charge is -2.12. The minimum Gasteiger partial charge on any atom is -0.301 e. The summed E-state index contributed by atoms with van der Waals surface area (Å²) >= 11 is 0. The van der Waals surface area contributed by atoms with Crippen molar-refractivity contribution in [3.63, 3.8) is 0 Å². The van der Waals surface area contributed by atoms with E-state index < -0.39 is 5.97 Å². The summed E-state index contributed by atoms with van der Waals surface area (Å²) in [6.07, 6.45) is 22.6. The van der Waals surface area contributed by atoms with Crippen molar-refractivity contribution in [2.75, 3.05) is 0 Å². The molecular formula is C22H44O3. The quantitative estimate of drug-likeness (QED) is 0.147. The van der Waals surface area contributed by atoms with Crippen LogP contribution in [0.15, 0.2) is 0 Å². The first-order valence-electron chi connectivity index (χ1n) is 11.1. The molecule has 0 saturated carbocycles. The highest BCUT2D eigenvalue weighted by atomic mass is 17.1. The summed E-state index contributed by atoms with van der Waals surface area (Å²) in [7, 11) is 0. The van der Waals surface area contributed by atoms with Gasteiger partial charge in [0.2, 0.25) is 0 Å². The van der Waals surface area contributed by atoms with Crippen molar-refractivity contribution in [1.82, 2.24) is 0 Å². The molecule has 1 N–H and O–H groups in total. The number of hydrogen-bond donors (Lipinski definition) is 1. The van der Waals surface area contributed by atoms with Crippen molar-refractivity contribution in [3.05, 3.63) is 0 Å². The van der Waals surface area contributed by atoms with Gasteiger partial charge in [0, 0.05) is 0 Å². The van der Waals surface area contributed by atoms with E-state index in [-0.39, 0.29) is 5.92 Å². The molecule has 0 aliphatic heterocycles. The van der Waals surface area contributed by atoms with Gasteiger partial charge in [-0.2, -0.15) is 5.26 Å². The van der Waals surface area contributed by atoms with Crippen LogP contribution in [0, 0.1) is 5.92 Å². The van der Waals surface area contributed by atoms with Gasteiger partial charge in [0.1, 0.15) is 0 Å². The van der Waals surface area contributed by atoms with Crippen molar-refractivity contribution in [3.8, 4) is 0 Å². The molecule has 0 aliphatic rings. The molecule has 0 rings (SSSR count). The van der Waals surface area contributed by atoms with Crippen LogP contribution in [0.1, 0.15) is 129 Å². The minimum atomic E-state index is -0.442. The summed E-state index contributed by atoms with van der Waals surface area (Å²) in [6, 6.07) is 0. The third kappa shape index (κ3) is 16.6. The summed E-state index contributed by atoms with van der Waals surface area (Å²) in [4.78, 5) is 15.5. The number of unbranched alkanes of at least 4 members (excludes halogenated alkanes) is 14. The fraction of sp³-hybridized carbons (Fsp3) is 0.955. The molecule has 3 heteroatoms. The van der Waals surface area contributed by atoms with E-state index in [2.05, 4.69) is 18.7 Å². The van der Waals surface area contributed by atoms with Crippen molar-refractivity contribution in [2.45, 2.75) is 129 Å². The van der Waals surface area contributed by atoms with E-state index in [1.165, 1.54) is 83.5 Å². The average molecular weight is 357 g/mol. The Bertz CT molecular complexity index is 278. The Morgan fingerprint density at radius 2 is 1.00 bits per heavy atom. The fourth-order valence-electron chi connectivity index (χ4n) is 3.49. The average Bonchev–Trinajstić information content (AvgIpc) is 2.63. The second-order valence-corrected chi connectivity index (χ2v) is 7.63. The lowest BCUT2D eigenvalue weighted by Crippen LogP contribution is -2.16. The Morgan fingerprint density at radius 3 is 1.40 bits per heavy atom. The van der Waals surface area contributed by atoms with E-state index >= 15 is 0 Å². The van der Waals surface area contributed by atoms with Crippen LogP contribution in [0.3, 0.4) is 0 Å². The Balaban J connectivity index is 3.35. The molecule has 0 aromatic carbocycles. The van der Waals surface area contributed by atoms with E-state index in [1.807, 2.05) is 0 Å². The van der Waals surface area contributed by atoms with Crippen LogP contribution in [0.5, 0.6) is 0 Å². The van der Waals surface area contributed by atoms with Gasteiger partial charge in [0.15, 0.2) is 0 Å². The number of carbonyl (C=O) groups is 1. The Kier molecular flexibility index (Phi) is 19.3. The molecule has 0 fully saturated rings. The fourth-order valence-corrected chi connectivity index (χ4v) is 3.49. The molecule has 25 heavy (non-hydrogen) atoms. The predicted molar refractivity (Wildman–Crippen MR) is 107 cm³/mol. The van der Waals surface area contributed by atoms with E-state index in [4.69, 9.17) is 5.26 Å². The largest absolute Gasteiger partial charge is 0.345 e. The van der Waals surface area contributed by atoms with Gasteiger partial charge < -0.3 is 4.89 Å². The molecular weight excluding hydrogens is 312 g/mol. The number of hydrogen-bond acceptors (Lipinski definition) is 3. The second kappa shape index (κ2) is 19.8. The first-order valence-corrected chi connectivity index (χ1v) is 11.1. The molecule has 150 valence electrons. The highest BCUT2D eigenvalue weighted by molar-refractivity contribution is 5.71. The minimum absolute atomic E-state index is 0.109. The molecule has 1 atom stereocenters. The normalized spacial score (nSPS) is 12.3. The number of rotatable bonds is 19. The first-order chi connectivity index (χ1) is 12.3. The van der Waals surface area contributed by atoms with Crippen molar-refractivity contribution in [1.29, 1.82) is 0 Å². The van der Waals surface area contributed by atoms with Crippen molar-refractivity contribution >= 4 is 5.97 Å². The smallest absolute Gasteiger partial charge is 0.301 e. The van der Waals surface area contributed by atoms with Crippen LogP contribution in [-0.2, 0) is 9.68 Å². The van der Waals surface area contributed by atoms with Gasteiger partial charge in [-0.05, 0) is 12.8 Å².